The lowest BCUT2D eigenvalue weighted by Crippen LogP contribution is -2.54. The summed E-state index contributed by atoms with van der Waals surface area (Å²) in [6.07, 6.45) is 13.7. The number of pyridine rings is 1. The summed E-state index contributed by atoms with van der Waals surface area (Å²) in [4.78, 5) is 4.72. The molecule has 1 aromatic rings. The highest BCUT2D eigenvalue weighted by Crippen LogP contribution is 2.68. The maximum atomic E-state index is 10.2. The Labute approximate surface area is 171 Å². The van der Waals surface area contributed by atoms with Crippen LogP contribution in [0.1, 0.15) is 90.2 Å². The van der Waals surface area contributed by atoms with Gasteiger partial charge in [-0.15, -0.1) is 0 Å². The third-order valence-corrected chi connectivity index (χ3v) is 10.5. The first-order valence-electron chi connectivity index (χ1n) is 12.0. The molecule has 0 saturated heterocycles. The van der Waals surface area contributed by atoms with Crippen LogP contribution >= 0.6 is 0 Å². The van der Waals surface area contributed by atoms with Crippen LogP contribution < -0.4 is 0 Å². The lowest BCUT2D eigenvalue weighted by molar-refractivity contribution is -0.127. The third-order valence-electron chi connectivity index (χ3n) is 10.5. The van der Waals surface area contributed by atoms with Crippen LogP contribution in [0.3, 0.4) is 0 Å². The summed E-state index contributed by atoms with van der Waals surface area (Å²) in [5.74, 6) is 4.87. The van der Waals surface area contributed by atoms with Crippen molar-refractivity contribution in [3.05, 3.63) is 30.1 Å². The van der Waals surface area contributed by atoms with E-state index in [0.29, 0.717) is 16.7 Å². The molecule has 0 amide bonds. The van der Waals surface area contributed by atoms with E-state index in [4.69, 9.17) is 4.98 Å². The first kappa shape index (κ1) is 19.1. The second kappa shape index (κ2) is 6.83. The molecule has 0 aliphatic heterocycles. The van der Waals surface area contributed by atoms with Crippen molar-refractivity contribution in [2.45, 2.75) is 90.6 Å². The van der Waals surface area contributed by atoms with Crippen LogP contribution in [0.4, 0.5) is 0 Å². The summed E-state index contributed by atoms with van der Waals surface area (Å²) in [5.41, 5.74) is 2.29. The summed E-state index contributed by atoms with van der Waals surface area (Å²) < 4.78 is 0. The van der Waals surface area contributed by atoms with Crippen LogP contribution in [0.25, 0.3) is 0 Å². The van der Waals surface area contributed by atoms with Crippen molar-refractivity contribution in [2.24, 2.45) is 40.4 Å². The molecule has 4 fully saturated rings. The number of nitrogens with zero attached hydrogens (tertiary/aromatic N) is 1. The van der Waals surface area contributed by atoms with Crippen molar-refractivity contribution in [2.75, 3.05) is 0 Å². The maximum absolute atomic E-state index is 10.2. The van der Waals surface area contributed by atoms with Gasteiger partial charge in [-0.2, -0.15) is 0 Å². The summed E-state index contributed by atoms with van der Waals surface area (Å²) in [7, 11) is 0. The first-order chi connectivity index (χ1) is 13.4. The number of hydrogen-bond acceptors (Lipinski definition) is 2. The van der Waals surface area contributed by atoms with Gasteiger partial charge in [-0.05, 0) is 110 Å². The molecule has 1 heterocycles. The van der Waals surface area contributed by atoms with Gasteiger partial charge in [-0.1, -0.05) is 26.8 Å². The van der Waals surface area contributed by atoms with Gasteiger partial charge in [0.05, 0.1) is 6.10 Å². The van der Waals surface area contributed by atoms with Crippen molar-refractivity contribution < 1.29 is 5.11 Å². The van der Waals surface area contributed by atoms with Crippen LogP contribution in [-0.4, -0.2) is 16.2 Å². The molecule has 4 aliphatic carbocycles. The molecule has 5 rings (SSSR count). The van der Waals surface area contributed by atoms with E-state index in [0.717, 1.165) is 42.4 Å². The topological polar surface area (TPSA) is 33.1 Å². The maximum Gasteiger partial charge on any atom is 0.0543 e. The lowest BCUT2D eigenvalue weighted by Gasteiger charge is -2.61. The molecule has 4 saturated carbocycles. The second-order valence-corrected chi connectivity index (χ2v) is 11.4. The lowest BCUT2D eigenvalue weighted by atomic mass is 9.44. The fourth-order valence-electron chi connectivity index (χ4n) is 8.95. The highest BCUT2D eigenvalue weighted by Gasteiger charge is 2.60. The minimum atomic E-state index is -0.0291. The fourth-order valence-corrected chi connectivity index (χ4v) is 8.95. The number of aromatic nitrogens is 1. The van der Waals surface area contributed by atoms with Gasteiger partial charge in [0.2, 0.25) is 0 Å². The summed E-state index contributed by atoms with van der Waals surface area (Å²) in [5, 5.41) is 10.2. The molecule has 2 heteroatoms. The van der Waals surface area contributed by atoms with Gasteiger partial charge in [0.1, 0.15) is 0 Å². The Morgan fingerprint density at radius 3 is 2.54 bits per heavy atom. The number of hydrogen-bond donors (Lipinski definition) is 1. The van der Waals surface area contributed by atoms with Gasteiger partial charge >= 0.3 is 0 Å². The molecular formula is C26H39NO. The zero-order valence-corrected chi connectivity index (χ0v) is 18.1. The van der Waals surface area contributed by atoms with Crippen LogP contribution in [0, 0.1) is 40.4 Å². The number of aliphatic hydroxyl groups is 1. The van der Waals surface area contributed by atoms with E-state index < -0.39 is 0 Å². The number of fused-ring (bicyclic) bond motifs is 5. The smallest absolute Gasteiger partial charge is 0.0543 e. The molecular weight excluding hydrogens is 342 g/mol. The van der Waals surface area contributed by atoms with Gasteiger partial charge < -0.3 is 5.11 Å². The molecule has 0 radical (unpaired) electrons. The monoisotopic (exact) mass is 381 g/mol. The normalized spacial score (nSPS) is 49.0. The molecule has 9 atom stereocenters. The Kier molecular flexibility index (Phi) is 4.66. The van der Waals surface area contributed by atoms with E-state index in [9.17, 15) is 5.11 Å². The van der Waals surface area contributed by atoms with Crippen LogP contribution in [0.5, 0.6) is 0 Å². The predicted octanol–water partition coefficient (Wildman–Crippen LogP) is 6.20. The van der Waals surface area contributed by atoms with E-state index in [1.807, 2.05) is 12.3 Å². The van der Waals surface area contributed by atoms with Crippen LogP contribution in [0.2, 0.25) is 0 Å². The van der Waals surface area contributed by atoms with E-state index in [1.54, 1.807) is 0 Å². The SMILES string of the molecule is CC(c1ccccn1)[C@H]1CC[C@H]2[C@@H]3CC[C@H]4C[C@@H](O)CC[C@]4(C)[C@H]3CC[C@]12C. The number of aliphatic hydroxyl groups excluding tert-OH is 1. The third kappa shape index (κ3) is 2.73. The van der Waals surface area contributed by atoms with Gasteiger partial charge in [-0.3, -0.25) is 4.98 Å². The van der Waals surface area contributed by atoms with E-state index in [2.05, 4.69) is 32.9 Å². The predicted molar refractivity (Wildman–Crippen MR) is 114 cm³/mol. The highest BCUT2D eigenvalue weighted by molar-refractivity contribution is 5.16. The van der Waals surface area contributed by atoms with Crippen LogP contribution in [-0.2, 0) is 0 Å². The molecule has 1 N–H and O–H groups in total. The summed E-state index contributed by atoms with van der Waals surface area (Å²) in [6, 6.07) is 6.44. The van der Waals surface area contributed by atoms with Crippen molar-refractivity contribution >= 4 is 0 Å². The fraction of sp³-hybridized carbons (Fsp3) is 0.808. The van der Waals surface area contributed by atoms with Gasteiger partial charge in [-0.25, -0.2) is 0 Å². The highest BCUT2D eigenvalue weighted by atomic mass is 16.3. The number of rotatable bonds is 2. The Morgan fingerprint density at radius 1 is 0.964 bits per heavy atom. The first-order valence-corrected chi connectivity index (χ1v) is 12.0. The minimum absolute atomic E-state index is 0.0291. The Balaban J connectivity index is 1.40. The molecule has 4 aliphatic rings. The summed E-state index contributed by atoms with van der Waals surface area (Å²) in [6.45, 7) is 7.68. The zero-order chi connectivity index (χ0) is 19.5. The average molecular weight is 382 g/mol. The molecule has 2 nitrogen and oxygen atoms in total. The van der Waals surface area contributed by atoms with Crippen molar-refractivity contribution in [3.63, 3.8) is 0 Å². The Morgan fingerprint density at radius 2 is 1.75 bits per heavy atom. The van der Waals surface area contributed by atoms with Crippen molar-refractivity contribution in [1.82, 2.24) is 4.98 Å². The zero-order valence-electron chi connectivity index (χ0n) is 18.1. The molecule has 1 unspecified atom stereocenters. The largest absolute Gasteiger partial charge is 0.393 e. The second-order valence-electron chi connectivity index (χ2n) is 11.4. The van der Waals surface area contributed by atoms with Gasteiger partial charge in [0.15, 0.2) is 0 Å². The van der Waals surface area contributed by atoms with Crippen molar-refractivity contribution in [3.8, 4) is 0 Å². The van der Waals surface area contributed by atoms with E-state index >= 15 is 0 Å². The van der Waals surface area contributed by atoms with Gasteiger partial charge in [0, 0.05) is 17.8 Å². The van der Waals surface area contributed by atoms with Crippen LogP contribution in [0.15, 0.2) is 24.4 Å². The summed E-state index contributed by atoms with van der Waals surface area (Å²) >= 11 is 0. The average Bonchev–Trinajstić information content (AvgIpc) is 3.06. The molecule has 0 aromatic carbocycles. The molecule has 154 valence electrons. The van der Waals surface area contributed by atoms with E-state index in [1.165, 1.54) is 50.6 Å². The molecule has 0 spiro atoms. The van der Waals surface area contributed by atoms with E-state index in [-0.39, 0.29) is 6.10 Å². The minimum Gasteiger partial charge on any atom is -0.393 e. The Bertz CT molecular complexity index is 704. The quantitative estimate of drug-likeness (QED) is 0.661. The van der Waals surface area contributed by atoms with Crippen molar-refractivity contribution in [1.29, 1.82) is 0 Å². The molecule has 1 aromatic heterocycles. The standard InChI is InChI=1S/C26H39NO/c1-17(24-6-4-5-15-27-24)21-9-10-22-20-8-7-18-16-19(28)11-13-25(18,2)23(20)12-14-26(21,22)3/h4-6,15,17-23,28H,7-14,16H2,1-3H3/t17?,18-,19-,20-,21+,22-,23-,25-,26+/m0/s1. The molecule has 0 bridgehead atoms. The van der Waals surface area contributed by atoms with Gasteiger partial charge in [0.25, 0.3) is 0 Å². The Hall–Kier alpha value is -0.890. The molecule has 28 heavy (non-hydrogen) atoms.